The Balaban J connectivity index is 2.48. The Bertz CT molecular complexity index is 235. The Labute approximate surface area is 86.0 Å². The predicted molar refractivity (Wildman–Crippen MR) is 57.1 cm³/mol. The van der Waals surface area contributed by atoms with Gasteiger partial charge in [0.25, 0.3) is 0 Å². The van der Waals surface area contributed by atoms with Crippen molar-refractivity contribution in [2.75, 3.05) is 0 Å². The van der Waals surface area contributed by atoms with Crippen molar-refractivity contribution in [3.63, 3.8) is 0 Å². The molecule has 0 unspecified atom stereocenters. The molecule has 0 bridgehead atoms. The lowest BCUT2D eigenvalue weighted by Crippen LogP contribution is -2.27. The highest BCUT2D eigenvalue weighted by Crippen LogP contribution is 2.42. The van der Waals surface area contributed by atoms with Gasteiger partial charge in [0.2, 0.25) is 0 Å². The highest BCUT2D eigenvalue weighted by molar-refractivity contribution is 5.67. The molecule has 0 saturated heterocycles. The molecule has 0 spiro atoms. The van der Waals surface area contributed by atoms with E-state index >= 15 is 0 Å². The average Bonchev–Trinajstić information content (AvgIpc) is 2.02. The monoisotopic (exact) mass is 196 g/mol. The van der Waals surface area contributed by atoms with E-state index in [-0.39, 0.29) is 5.41 Å². The summed E-state index contributed by atoms with van der Waals surface area (Å²) in [6, 6.07) is 0. The average molecular weight is 196 g/mol. The third-order valence-electron chi connectivity index (χ3n) is 3.47. The van der Waals surface area contributed by atoms with Gasteiger partial charge in [0.05, 0.1) is 6.42 Å². The molecule has 1 rings (SSSR count). The Morgan fingerprint density at radius 2 is 2.00 bits per heavy atom. The van der Waals surface area contributed by atoms with Crippen LogP contribution in [0.1, 0.15) is 46.0 Å². The Morgan fingerprint density at radius 1 is 1.50 bits per heavy atom. The molecule has 1 aliphatic carbocycles. The number of allylic oxidation sites excluding steroid dienone is 1. The molecular weight excluding hydrogens is 176 g/mol. The molecule has 1 aliphatic rings. The second-order valence-corrected chi connectivity index (χ2v) is 5.00. The number of carbonyl (C=O) groups is 1. The zero-order valence-corrected chi connectivity index (χ0v) is 9.18. The molecule has 0 radical (unpaired) electrons. The molecule has 1 fully saturated rings. The smallest absolute Gasteiger partial charge is 0.303 e. The molecule has 0 aromatic heterocycles. The zero-order valence-electron chi connectivity index (χ0n) is 9.18. The summed E-state index contributed by atoms with van der Waals surface area (Å²) < 4.78 is 0. The van der Waals surface area contributed by atoms with Crippen molar-refractivity contribution in [2.45, 2.75) is 46.0 Å². The van der Waals surface area contributed by atoms with Gasteiger partial charge >= 0.3 is 5.97 Å². The third-order valence-corrected chi connectivity index (χ3v) is 3.47. The van der Waals surface area contributed by atoms with Gasteiger partial charge in [0.1, 0.15) is 0 Å². The Morgan fingerprint density at radius 3 is 2.36 bits per heavy atom. The lowest BCUT2D eigenvalue weighted by molar-refractivity contribution is -0.140. The highest BCUT2D eigenvalue weighted by atomic mass is 16.4. The van der Waals surface area contributed by atoms with Gasteiger partial charge in [0, 0.05) is 0 Å². The van der Waals surface area contributed by atoms with Gasteiger partial charge < -0.3 is 5.11 Å². The van der Waals surface area contributed by atoms with Crippen LogP contribution in [0.4, 0.5) is 0 Å². The van der Waals surface area contributed by atoms with Crippen LogP contribution < -0.4 is 0 Å². The minimum Gasteiger partial charge on any atom is -0.481 e. The maximum absolute atomic E-state index is 10.7. The number of carboxylic acids is 1. The van der Waals surface area contributed by atoms with Crippen molar-refractivity contribution >= 4 is 5.97 Å². The summed E-state index contributed by atoms with van der Waals surface area (Å²) in [4.78, 5) is 10.7. The summed E-state index contributed by atoms with van der Waals surface area (Å²) in [6.07, 6.45) is 4.59. The first-order valence-electron chi connectivity index (χ1n) is 5.30. The largest absolute Gasteiger partial charge is 0.481 e. The maximum Gasteiger partial charge on any atom is 0.303 e. The normalized spacial score (nSPS) is 32.6. The van der Waals surface area contributed by atoms with Gasteiger partial charge in [0.15, 0.2) is 0 Å². The van der Waals surface area contributed by atoms with Gasteiger partial charge in [-0.15, -0.1) is 0 Å². The number of rotatable bonds is 3. The molecule has 2 heteroatoms. The van der Waals surface area contributed by atoms with E-state index in [4.69, 9.17) is 5.11 Å². The quantitative estimate of drug-likeness (QED) is 0.703. The molecule has 0 aliphatic heterocycles. The number of hydrogen-bond donors (Lipinski definition) is 1. The van der Waals surface area contributed by atoms with E-state index in [1.807, 2.05) is 0 Å². The van der Waals surface area contributed by atoms with Gasteiger partial charge in [-0.1, -0.05) is 19.1 Å². The zero-order chi connectivity index (χ0) is 10.8. The first-order valence-corrected chi connectivity index (χ1v) is 5.30. The fourth-order valence-electron chi connectivity index (χ4n) is 2.35. The van der Waals surface area contributed by atoms with Crippen molar-refractivity contribution in [1.29, 1.82) is 0 Å². The fraction of sp³-hybridized carbons (Fsp3) is 0.750. The van der Waals surface area contributed by atoms with Crippen LogP contribution in [-0.4, -0.2) is 11.1 Å². The van der Waals surface area contributed by atoms with Crippen LogP contribution in [0.15, 0.2) is 12.2 Å². The lowest BCUT2D eigenvalue weighted by Gasteiger charge is -2.36. The van der Waals surface area contributed by atoms with Crippen molar-refractivity contribution in [2.24, 2.45) is 11.3 Å². The number of aliphatic carboxylic acids is 1. The number of carboxylic acid groups (broad SMARTS) is 1. The molecule has 80 valence electrons. The minimum atomic E-state index is -0.665. The van der Waals surface area contributed by atoms with Crippen molar-refractivity contribution in [3.05, 3.63) is 12.2 Å². The molecule has 1 N–H and O–H groups in total. The van der Waals surface area contributed by atoms with E-state index < -0.39 is 5.97 Å². The van der Waals surface area contributed by atoms with E-state index in [9.17, 15) is 4.79 Å². The molecule has 0 aromatic rings. The van der Waals surface area contributed by atoms with Crippen molar-refractivity contribution < 1.29 is 9.90 Å². The Hall–Kier alpha value is -0.790. The second kappa shape index (κ2) is 4.16. The minimum absolute atomic E-state index is 0.0256. The van der Waals surface area contributed by atoms with E-state index in [0.29, 0.717) is 12.3 Å². The topological polar surface area (TPSA) is 37.3 Å². The van der Waals surface area contributed by atoms with Crippen LogP contribution in [0.3, 0.4) is 0 Å². The van der Waals surface area contributed by atoms with Crippen LogP contribution in [0, 0.1) is 11.3 Å². The highest BCUT2D eigenvalue weighted by Gasteiger charge is 2.32. The van der Waals surface area contributed by atoms with E-state index in [1.165, 1.54) is 5.57 Å². The van der Waals surface area contributed by atoms with Crippen LogP contribution in [0.5, 0.6) is 0 Å². The van der Waals surface area contributed by atoms with Crippen LogP contribution in [0.25, 0.3) is 0 Å². The molecule has 0 amide bonds. The summed E-state index contributed by atoms with van der Waals surface area (Å²) in [5, 5.41) is 8.79. The van der Waals surface area contributed by atoms with E-state index in [2.05, 4.69) is 20.4 Å². The first-order chi connectivity index (χ1) is 6.43. The summed E-state index contributed by atoms with van der Waals surface area (Å²) >= 11 is 0. The second-order valence-electron chi connectivity index (χ2n) is 5.00. The molecular formula is C12H20O2. The van der Waals surface area contributed by atoms with Gasteiger partial charge in [-0.2, -0.15) is 0 Å². The van der Waals surface area contributed by atoms with E-state index in [0.717, 1.165) is 25.7 Å². The van der Waals surface area contributed by atoms with Crippen molar-refractivity contribution in [1.82, 2.24) is 0 Å². The number of hydrogen-bond acceptors (Lipinski definition) is 1. The van der Waals surface area contributed by atoms with Crippen LogP contribution in [0.2, 0.25) is 0 Å². The van der Waals surface area contributed by atoms with Gasteiger partial charge in [-0.05, 0) is 43.9 Å². The van der Waals surface area contributed by atoms with Gasteiger partial charge in [-0.25, -0.2) is 0 Å². The molecule has 1 saturated carbocycles. The lowest BCUT2D eigenvalue weighted by atomic mass is 9.69. The Kier molecular flexibility index (Phi) is 3.35. The summed E-state index contributed by atoms with van der Waals surface area (Å²) in [7, 11) is 0. The molecule has 0 aromatic carbocycles. The molecule has 0 heterocycles. The SMILES string of the molecule is C=C(C)C1CCC(C)(CC(=O)O)CC1. The van der Waals surface area contributed by atoms with Gasteiger partial charge in [-0.3, -0.25) is 4.79 Å². The van der Waals surface area contributed by atoms with E-state index in [1.54, 1.807) is 0 Å². The molecule has 14 heavy (non-hydrogen) atoms. The third kappa shape index (κ3) is 2.86. The van der Waals surface area contributed by atoms with Crippen LogP contribution >= 0.6 is 0 Å². The fourth-order valence-corrected chi connectivity index (χ4v) is 2.35. The summed E-state index contributed by atoms with van der Waals surface area (Å²) in [5.74, 6) is -0.0434. The first kappa shape index (κ1) is 11.3. The molecule has 0 atom stereocenters. The van der Waals surface area contributed by atoms with Crippen LogP contribution in [-0.2, 0) is 4.79 Å². The molecule has 2 nitrogen and oxygen atoms in total. The van der Waals surface area contributed by atoms with Crippen molar-refractivity contribution in [3.8, 4) is 0 Å². The standard InChI is InChI=1S/C12H20O2/c1-9(2)10-4-6-12(3,7-5-10)8-11(13)14/h10H,1,4-8H2,2-3H3,(H,13,14). The summed E-state index contributed by atoms with van der Waals surface area (Å²) in [6.45, 7) is 8.14. The summed E-state index contributed by atoms with van der Waals surface area (Å²) in [5.41, 5.74) is 1.28. The maximum atomic E-state index is 10.7. The predicted octanol–water partition coefficient (Wildman–Crippen LogP) is 3.23.